The van der Waals surface area contributed by atoms with E-state index in [2.05, 4.69) is 4.90 Å². The van der Waals surface area contributed by atoms with Crippen LogP contribution in [0.1, 0.15) is 32.6 Å². The highest BCUT2D eigenvalue weighted by Crippen LogP contribution is 2.27. The molecular weight excluding hydrogens is 194 g/mol. The average Bonchev–Trinajstić information content (AvgIpc) is 2.07. The average molecular weight is 215 g/mol. The number of carbonyl (C=O) groups is 1. The quantitative estimate of drug-likeness (QED) is 0.663. The summed E-state index contributed by atoms with van der Waals surface area (Å²) in [5.74, 6) is -0.163. The molecule has 0 bridgehead atoms. The van der Waals surface area contributed by atoms with Gasteiger partial charge in [-0.25, -0.2) is 0 Å². The van der Waals surface area contributed by atoms with Crippen molar-refractivity contribution in [2.75, 3.05) is 19.6 Å². The van der Waals surface area contributed by atoms with E-state index >= 15 is 0 Å². The number of carboxylic acid groups (broad SMARTS) is 1. The van der Waals surface area contributed by atoms with Gasteiger partial charge in [-0.1, -0.05) is 13.3 Å². The summed E-state index contributed by atoms with van der Waals surface area (Å²) in [6.07, 6.45) is 3.00. The van der Waals surface area contributed by atoms with Crippen LogP contribution in [0.3, 0.4) is 0 Å². The second-order valence-electron chi connectivity index (χ2n) is 4.40. The summed E-state index contributed by atoms with van der Waals surface area (Å²) < 4.78 is 0. The second kappa shape index (κ2) is 6.08. The zero-order chi connectivity index (χ0) is 11.3. The van der Waals surface area contributed by atoms with Crippen LogP contribution in [0.4, 0.5) is 0 Å². The van der Waals surface area contributed by atoms with Crippen molar-refractivity contribution in [2.24, 2.45) is 5.92 Å². The van der Waals surface area contributed by atoms with E-state index in [-0.39, 0.29) is 6.42 Å². The first-order valence-electron chi connectivity index (χ1n) is 5.74. The van der Waals surface area contributed by atoms with E-state index in [1.165, 1.54) is 19.3 Å². The Morgan fingerprint density at radius 1 is 1.53 bits per heavy atom. The Hall–Kier alpha value is -0.610. The van der Waals surface area contributed by atoms with Crippen LogP contribution in [0.15, 0.2) is 0 Å². The molecule has 2 N–H and O–H groups in total. The lowest BCUT2D eigenvalue weighted by atomic mass is 9.85. The Morgan fingerprint density at radius 2 is 2.20 bits per heavy atom. The Morgan fingerprint density at radius 3 is 2.60 bits per heavy atom. The minimum absolute atomic E-state index is 0.152. The molecule has 1 unspecified atom stereocenters. The summed E-state index contributed by atoms with van der Waals surface area (Å²) >= 11 is 0. The third-order valence-electron chi connectivity index (χ3n) is 3.07. The maximum Gasteiger partial charge on any atom is 0.306 e. The second-order valence-corrected chi connectivity index (χ2v) is 4.40. The van der Waals surface area contributed by atoms with E-state index in [0.717, 1.165) is 19.0 Å². The smallest absolute Gasteiger partial charge is 0.306 e. The molecule has 0 spiro atoms. The Labute approximate surface area is 90.9 Å². The molecule has 1 atom stereocenters. The van der Waals surface area contributed by atoms with E-state index < -0.39 is 12.1 Å². The predicted octanol–water partition coefficient (Wildman–Crippen LogP) is 0.944. The Balaban J connectivity index is 2.21. The molecule has 0 saturated heterocycles. The summed E-state index contributed by atoms with van der Waals surface area (Å²) in [6.45, 7) is 4.42. The first-order chi connectivity index (χ1) is 7.11. The molecule has 1 saturated carbocycles. The fourth-order valence-electron chi connectivity index (χ4n) is 1.94. The van der Waals surface area contributed by atoms with Gasteiger partial charge in [0, 0.05) is 13.1 Å². The molecule has 0 aromatic heterocycles. The van der Waals surface area contributed by atoms with Gasteiger partial charge in [-0.2, -0.15) is 0 Å². The molecule has 0 aromatic rings. The molecule has 0 aromatic carbocycles. The van der Waals surface area contributed by atoms with E-state index in [1.807, 2.05) is 6.92 Å². The van der Waals surface area contributed by atoms with Gasteiger partial charge in [-0.15, -0.1) is 0 Å². The molecule has 1 aliphatic carbocycles. The van der Waals surface area contributed by atoms with Crippen LogP contribution in [0.5, 0.6) is 0 Å². The van der Waals surface area contributed by atoms with E-state index in [9.17, 15) is 9.90 Å². The van der Waals surface area contributed by atoms with Gasteiger partial charge in [-0.05, 0) is 25.3 Å². The number of nitrogens with zero attached hydrogens (tertiary/aromatic N) is 1. The number of hydrogen-bond acceptors (Lipinski definition) is 3. The van der Waals surface area contributed by atoms with E-state index in [4.69, 9.17) is 5.11 Å². The maximum absolute atomic E-state index is 10.4. The summed E-state index contributed by atoms with van der Waals surface area (Å²) in [7, 11) is 0. The third-order valence-corrected chi connectivity index (χ3v) is 3.07. The van der Waals surface area contributed by atoms with Crippen molar-refractivity contribution in [3.8, 4) is 0 Å². The highest BCUT2D eigenvalue weighted by Gasteiger charge is 2.21. The standard InChI is InChI=1S/C11H21NO3/c1-2-12(7-9-4-3-5-9)8-10(13)6-11(14)15/h9-10,13H,2-8H2,1H3,(H,14,15). The van der Waals surface area contributed by atoms with E-state index in [1.54, 1.807) is 0 Å². The molecule has 0 radical (unpaired) electrons. The van der Waals surface area contributed by atoms with Gasteiger partial charge in [0.1, 0.15) is 0 Å². The Bertz CT molecular complexity index is 204. The van der Waals surface area contributed by atoms with Gasteiger partial charge in [0.25, 0.3) is 0 Å². The number of likely N-dealkylation sites (N-methyl/N-ethyl adjacent to an activating group) is 1. The third kappa shape index (κ3) is 4.62. The van der Waals surface area contributed by atoms with Crippen molar-refractivity contribution in [3.05, 3.63) is 0 Å². The van der Waals surface area contributed by atoms with Crippen LogP contribution in [-0.4, -0.2) is 46.8 Å². The van der Waals surface area contributed by atoms with Crippen molar-refractivity contribution >= 4 is 5.97 Å². The first-order valence-corrected chi connectivity index (χ1v) is 5.74. The van der Waals surface area contributed by atoms with Gasteiger partial charge in [0.15, 0.2) is 0 Å². The molecule has 0 heterocycles. The maximum atomic E-state index is 10.4. The monoisotopic (exact) mass is 215 g/mol. The Kier molecular flexibility index (Phi) is 5.05. The number of rotatable bonds is 7. The summed E-state index contributed by atoms with van der Waals surface area (Å²) in [5, 5.41) is 18.0. The lowest BCUT2D eigenvalue weighted by Gasteiger charge is -2.32. The molecule has 1 rings (SSSR count). The largest absolute Gasteiger partial charge is 0.481 e. The number of aliphatic hydroxyl groups is 1. The fourth-order valence-corrected chi connectivity index (χ4v) is 1.94. The lowest BCUT2D eigenvalue weighted by Crippen LogP contribution is -2.38. The van der Waals surface area contributed by atoms with Crippen molar-refractivity contribution in [3.63, 3.8) is 0 Å². The molecule has 15 heavy (non-hydrogen) atoms. The topological polar surface area (TPSA) is 60.8 Å². The highest BCUT2D eigenvalue weighted by molar-refractivity contribution is 5.67. The molecule has 4 heteroatoms. The zero-order valence-corrected chi connectivity index (χ0v) is 9.35. The van der Waals surface area contributed by atoms with E-state index in [0.29, 0.717) is 6.54 Å². The molecule has 1 aliphatic rings. The minimum atomic E-state index is -0.929. The van der Waals surface area contributed by atoms with Gasteiger partial charge < -0.3 is 15.1 Å². The first kappa shape index (κ1) is 12.5. The fraction of sp³-hybridized carbons (Fsp3) is 0.909. The molecule has 88 valence electrons. The molecule has 1 fully saturated rings. The number of aliphatic hydroxyl groups excluding tert-OH is 1. The molecule has 4 nitrogen and oxygen atoms in total. The summed E-state index contributed by atoms with van der Waals surface area (Å²) in [4.78, 5) is 12.5. The highest BCUT2D eigenvalue weighted by atomic mass is 16.4. The number of hydrogen-bond donors (Lipinski definition) is 2. The van der Waals surface area contributed by atoms with Crippen LogP contribution < -0.4 is 0 Å². The minimum Gasteiger partial charge on any atom is -0.481 e. The molecule has 0 aliphatic heterocycles. The van der Waals surface area contributed by atoms with Crippen LogP contribution in [0, 0.1) is 5.92 Å². The number of aliphatic carboxylic acids is 1. The van der Waals surface area contributed by atoms with Crippen molar-refractivity contribution in [1.29, 1.82) is 0 Å². The van der Waals surface area contributed by atoms with Gasteiger partial charge in [-0.3, -0.25) is 4.79 Å². The summed E-state index contributed by atoms with van der Waals surface area (Å²) in [6, 6.07) is 0. The van der Waals surface area contributed by atoms with Crippen LogP contribution in [0.25, 0.3) is 0 Å². The van der Waals surface area contributed by atoms with Crippen molar-refractivity contribution in [1.82, 2.24) is 4.90 Å². The molecular formula is C11H21NO3. The van der Waals surface area contributed by atoms with Gasteiger partial charge >= 0.3 is 5.97 Å². The zero-order valence-electron chi connectivity index (χ0n) is 9.35. The van der Waals surface area contributed by atoms with Crippen LogP contribution in [0.2, 0.25) is 0 Å². The lowest BCUT2D eigenvalue weighted by molar-refractivity contribution is -0.139. The SMILES string of the molecule is CCN(CC(O)CC(=O)O)CC1CCC1. The normalized spacial score (nSPS) is 18.9. The summed E-state index contributed by atoms with van der Waals surface area (Å²) in [5.41, 5.74) is 0. The van der Waals surface area contributed by atoms with Crippen LogP contribution >= 0.6 is 0 Å². The van der Waals surface area contributed by atoms with Crippen molar-refractivity contribution in [2.45, 2.75) is 38.7 Å². The number of carboxylic acids is 1. The molecule has 0 amide bonds. The van der Waals surface area contributed by atoms with Gasteiger partial charge in [0.05, 0.1) is 12.5 Å². The van der Waals surface area contributed by atoms with Crippen LogP contribution in [-0.2, 0) is 4.79 Å². The van der Waals surface area contributed by atoms with Crippen molar-refractivity contribution < 1.29 is 15.0 Å². The predicted molar refractivity (Wildman–Crippen MR) is 57.7 cm³/mol. The van der Waals surface area contributed by atoms with Gasteiger partial charge in [0.2, 0.25) is 0 Å².